The third-order valence-electron chi connectivity index (χ3n) is 4.02. The Hall–Kier alpha value is -2.21. The number of fused-ring (bicyclic) bond motifs is 1. The number of imidazole rings is 1. The number of hydrogen-bond acceptors (Lipinski definition) is 3. The van der Waals surface area contributed by atoms with Crippen molar-refractivity contribution >= 4 is 27.5 Å². The molecular formula is C18H19BrN4O. The van der Waals surface area contributed by atoms with E-state index in [2.05, 4.69) is 25.9 Å². The number of rotatable bonds is 5. The summed E-state index contributed by atoms with van der Waals surface area (Å²) in [4.78, 5) is 23.3. The minimum Gasteiger partial charge on any atom is -0.340 e. The number of aromatic nitrogens is 3. The molecule has 0 aromatic carbocycles. The highest BCUT2D eigenvalue weighted by Crippen LogP contribution is 2.19. The second-order valence-corrected chi connectivity index (χ2v) is 6.58. The van der Waals surface area contributed by atoms with Gasteiger partial charge in [0.1, 0.15) is 11.3 Å². The van der Waals surface area contributed by atoms with Gasteiger partial charge in [-0.15, -0.1) is 0 Å². The topological polar surface area (TPSA) is 50.5 Å². The van der Waals surface area contributed by atoms with Crippen LogP contribution in [0.4, 0.5) is 0 Å². The zero-order chi connectivity index (χ0) is 17.1. The van der Waals surface area contributed by atoms with Gasteiger partial charge < -0.3 is 4.90 Å². The highest BCUT2D eigenvalue weighted by atomic mass is 79.9. The Morgan fingerprint density at radius 2 is 2.00 bits per heavy atom. The third kappa shape index (κ3) is 3.33. The normalized spacial score (nSPS) is 11.0. The van der Waals surface area contributed by atoms with E-state index in [9.17, 15) is 4.79 Å². The van der Waals surface area contributed by atoms with E-state index in [4.69, 9.17) is 0 Å². The van der Waals surface area contributed by atoms with Gasteiger partial charge in [0.2, 0.25) is 0 Å². The molecule has 0 N–H and O–H groups in total. The number of likely N-dealkylation sites (N-methyl/N-ethyl adjacent to an activating group) is 1. The summed E-state index contributed by atoms with van der Waals surface area (Å²) in [6, 6.07) is 7.79. The Morgan fingerprint density at radius 3 is 2.71 bits per heavy atom. The Morgan fingerprint density at radius 1 is 1.25 bits per heavy atom. The van der Waals surface area contributed by atoms with Crippen molar-refractivity contribution in [3.63, 3.8) is 0 Å². The van der Waals surface area contributed by atoms with E-state index < -0.39 is 0 Å². The van der Waals surface area contributed by atoms with Crippen LogP contribution in [0, 0.1) is 0 Å². The van der Waals surface area contributed by atoms with Crippen LogP contribution in [-0.4, -0.2) is 38.8 Å². The molecule has 6 heteroatoms. The van der Waals surface area contributed by atoms with Crippen molar-refractivity contribution in [2.24, 2.45) is 0 Å². The summed E-state index contributed by atoms with van der Waals surface area (Å²) in [6.45, 7) is 2.66. The fourth-order valence-corrected chi connectivity index (χ4v) is 3.01. The maximum Gasteiger partial charge on any atom is 0.272 e. The number of carbonyl (C=O) groups excluding carboxylic acids is 1. The van der Waals surface area contributed by atoms with Gasteiger partial charge in [-0.05, 0) is 58.6 Å². The minimum atomic E-state index is -0.00786. The van der Waals surface area contributed by atoms with Crippen LogP contribution in [0.15, 0.2) is 47.3 Å². The highest BCUT2D eigenvalue weighted by molar-refractivity contribution is 9.10. The van der Waals surface area contributed by atoms with Crippen LogP contribution in [0.1, 0.15) is 28.7 Å². The average Bonchev–Trinajstić information content (AvgIpc) is 2.97. The Bertz CT molecular complexity index is 860. The molecule has 3 rings (SSSR count). The molecule has 0 aliphatic carbocycles. The predicted molar refractivity (Wildman–Crippen MR) is 97.2 cm³/mol. The minimum absolute atomic E-state index is 0.00786. The van der Waals surface area contributed by atoms with Gasteiger partial charge in [0, 0.05) is 36.7 Å². The lowest BCUT2D eigenvalue weighted by molar-refractivity contribution is 0.0788. The van der Waals surface area contributed by atoms with Gasteiger partial charge >= 0.3 is 0 Å². The average molecular weight is 387 g/mol. The van der Waals surface area contributed by atoms with Crippen LogP contribution in [0.2, 0.25) is 0 Å². The van der Waals surface area contributed by atoms with E-state index in [1.165, 1.54) is 5.56 Å². The molecule has 0 spiro atoms. The van der Waals surface area contributed by atoms with E-state index in [1.807, 2.05) is 48.8 Å². The SMILES string of the molecule is CCc1nc2ccc(Br)cn2c1C(=O)N(C)CCc1ccncc1. The number of aryl methyl sites for hydroxylation is 1. The van der Waals surface area contributed by atoms with Crippen molar-refractivity contribution < 1.29 is 4.79 Å². The maximum atomic E-state index is 13.0. The van der Waals surface area contributed by atoms with Gasteiger partial charge in [-0.25, -0.2) is 4.98 Å². The number of nitrogens with zero attached hydrogens (tertiary/aromatic N) is 4. The molecule has 3 aromatic heterocycles. The summed E-state index contributed by atoms with van der Waals surface area (Å²) in [6.07, 6.45) is 6.96. The number of carbonyl (C=O) groups is 1. The summed E-state index contributed by atoms with van der Waals surface area (Å²) >= 11 is 3.47. The number of amides is 1. The van der Waals surface area contributed by atoms with E-state index in [-0.39, 0.29) is 5.91 Å². The van der Waals surface area contributed by atoms with Crippen LogP contribution in [0.5, 0.6) is 0 Å². The number of pyridine rings is 2. The smallest absolute Gasteiger partial charge is 0.272 e. The molecule has 0 fully saturated rings. The number of halogens is 1. The Balaban J connectivity index is 1.85. The summed E-state index contributed by atoms with van der Waals surface area (Å²) in [5.74, 6) is -0.00786. The van der Waals surface area contributed by atoms with E-state index >= 15 is 0 Å². The zero-order valence-corrected chi connectivity index (χ0v) is 15.3. The molecule has 5 nitrogen and oxygen atoms in total. The maximum absolute atomic E-state index is 13.0. The van der Waals surface area contributed by atoms with Gasteiger partial charge in [-0.3, -0.25) is 14.2 Å². The van der Waals surface area contributed by atoms with Crippen molar-refractivity contribution in [1.29, 1.82) is 0 Å². The van der Waals surface area contributed by atoms with Crippen LogP contribution in [0.3, 0.4) is 0 Å². The lowest BCUT2D eigenvalue weighted by Gasteiger charge is -2.17. The molecule has 0 saturated carbocycles. The molecule has 0 radical (unpaired) electrons. The predicted octanol–water partition coefficient (Wildman–Crippen LogP) is 3.37. The van der Waals surface area contributed by atoms with Crippen molar-refractivity contribution in [2.45, 2.75) is 19.8 Å². The van der Waals surface area contributed by atoms with Crippen LogP contribution < -0.4 is 0 Å². The lowest BCUT2D eigenvalue weighted by Crippen LogP contribution is -2.30. The molecule has 3 aromatic rings. The second-order valence-electron chi connectivity index (χ2n) is 5.67. The van der Waals surface area contributed by atoms with Crippen LogP contribution in [0.25, 0.3) is 5.65 Å². The molecule has 24 heavy (non-hydrogen) atoms. The molecule has 3 heterocycles. The van der Waals surface area contributed by atoms with E-state index in [0.29, 0.717) is 12.2 Å². The fraction of sp³-hybridized carbons (Fsp3) is 0.278. The molecule has 0 aliphatic heterocycles. The summed E-state index contributed by atoms with van der Waals surface area (Å²) in [5.41, 5.74) is 3.43. The van der Waals surface area contributed by atoms with Crippen LogP contribution in [-0.2, 0) is 12.8 Å². The first-order valence-corrected chi connectivity index (χ1v) is 8.70. The fourth-order valence-electron chi connectivity index (χ4n) is 2.67. The van der Waals surface area contributed by atoms with Crippen LogP contribution >= 0.6 is 15.9 Å². The molecule has 0 saturated heterocycles. The summed E-state index contributed by atoms with van der Waals surface area (Å²) in [5, 5.41) is 0. The van der Waals surface area contributed by atoms with Gasteiger partial charge in [0.15, 0.2) is 0 Å². The quantitative estimate of drug-likeness (QED) is 0.675. The molecule has 0 aliphatic rings. The van der Waals surface area contributed by atoms with Crippen molar-refractivity contribution in [3.05, 3.63) is 64.3 Å². The first-order chi connectivity index (χ1) is 11.6. The zero-order valence-electron chi connectivity index (χ0n) is 13.7. The van der Waals surface area contributed by atoms with Gasteiger partial charge in [-0.2, -0.15) is 0 Å². The van der Waals surface area contributed by atoms with Gasteiger partial charge in [-0.1, -0.05) is 6.92 Å². The van der Waals surface area contributed by atoms with Crippen molar-refractivity contribution in [1.82, 2.24) is 19.3 Å². The number of hydrogen-bond donors (Lipinski definition) is 0. The highest BCUT2D eigenvalue weighted by Gasteiger charge is 2.21. The van der Waals surface area contributed by atoms with E-state index in [1.54, 1.807) is 17.3 Å². The second kappa shape index (κ2) is 7.13. The van der Waals surface area contributed by atoms with Crippen molar-refractivity contribution in [3.8, 4) is 0 Å². The van der Waals surface area contributed by atoms with Crippen molar-refractivity contribution in [2.75, 3.05) is 13.6 Å². The van der Waals surface area contributed by atoms with Gasteiger partial charge in [0.25, 0.3) is 5.91 Å². The first kappa shape index (κ1) is 16.6. The van der Waals surface area contributed by atoms with E-state index in [0.717, 1.165) is 28.7 Å². The Labute approximate surface area is 149 Å². The third-order valence-corrected chi connectivity index (χ3v) is 4.49. The first-order valence-electron chi connectivity index (χ1n) is 7.91. The molecule has 0 bridgehead atoms. The Kier molecular flexibility index (Phi) is 4.94. The monoisotopic (exact) mass is 386 g/mol. The van der Waals surface area contributed by atoms with Gasteiger partial charge in [0.05, 0.1) is 5.69 Å². The standard InChI is InChI=1S/C18H19BrN4O/c1-3-15-17(23-12-14(19)4-5-16(23)21-15)18(24)22(2)11-8-13-6-9-20-10-7-13/h4-7,9-10,12H,3,8,11H2,1-2H3. The molecule has 0 unspecified atom stereocenters. The molecule has 124 valence electrons. The largest absolute Gasteiger partial charge is 0.340 e. The molecular weight excluding hydrogens is 368 g/mol. The molecule has 1 amide bonds. The summed E-state index contributed by atoms with van der Waals surface area (Å²) < 4.78 is 2.79. The lowest BCUT2D eigenvalue weighted by atomic mass is 10.2. The molecule has 0 atom stereocenters. The summed E-state index contributed by atoms with van der Waals surface area (Å²) in [7, 11) is 1.83.